The minimum absolute atomic E-state index is 0.0172. The summed E-state index contributed by atoms with van der Waals surface area (Å²) in [5.74, 6) is -0.255. The van der Waals surface area contributed by atoms with Gasteiger partial charge in [0.1, 0.15) is 5.69 Å². The Morgan fingerprint density at radius 3 is 2.94 bits per heavy atom. The Hall–Kier alpha value is -1.27. The van der Waals surface area contributed by atoms with Crippen LogP contribution in [0.15, 0.2) is 18.2 Å². The van der Waals surface area contributed by atoms with E-state index in [4.69, 9.17) is 9.84 Å². The van der Waals surface area contributed by atoms with Crippen LogP contribution in [0.4, 0.5) is 0 Å². The Balaban J connectivity index is 2.53. The molecule has 94 valence electrons. The summed E-state index contributed by atoms with van der Waals surface area (Å²) in [5.41, 5.74) is 0.525. The van der Waals surface area contributed by atoms with Gasteiger partial charge in [0.2, 0.25) is 0 Å². The Morgan fingerprint density at radius 2 is 2.29 bits per heavy atom. The van der Waals surface area contributed by atoms with Crippen molar-refractivity contribution in [2.45, 2.75) is 12.2 Å². The molecule has 0 saturated carbocycles. The molecule has 0 bridgehead atoms. The molecule has 1 rings (SSSR count). The van der Waals surface area contributed by atoms with Crippen LogP contribution in [0.25, 0.3) is 0 Å². The number of aromatic carboxylic acids is 1. The molecular weight excluding hydrogens is 242 g/mol. The number of carbonyl (C=O) groups is 1. The molecule has 0 amide bonds. The van der Waals surface area contributed by atoms with Crippen molar-refractivity contribution < 1.29 is 18.8 Å². The van der Waals surface area contributed by atoms with Crippen molar-refractivity contribution in [2.75, 3.05) is 19.5 Å². The van der Waals surface area contributed by atoms with Gasteiger partial charge in [-0.25, -0.2) is 9.78 Å². The van der Waals surface area contributed by atoms with Crippen LogP contribution in [0.2, 0.25) is 0 Å². The fourth-order valence-corrected chi connectivity index (χ4v) is 2.36. The zero-order chi connectivity index (χ0) is 12.7. The molecule has 1 atom stereocenters. The van der Waals surface area contributed by atoms with Gasteiger partial charge in [-0.3, -0.25) is 4.21 Å². The predicted molar refractivity (Wildman–Crippen MR) is 64.4 cm³/mol. The second-order valence-electron chi connectivity index (χ2n) is 3.45. The molecule has 1 aromatic heterocycles. The van der Waals surface area contributed by atoms with Crippen LogP contribution in [0.3, 0.4) is 0 Å². The first-order valence-corrected chi connectivity index (χ1v) is 6.65. The Morgan fingerprint density at radius 1 is 1.53 bits per heavy atom. The van der Waals surface area contributed by atoms with Crippen LogP contribution in [0.5, 0.6) is 0 Å². The smallest absolute Gasteiger partial charge is 0.354 e. The third-order valence-corrected chi connectivity index (χ3v) is 3.42. The average molecular weight is 257 g/mol. The summed E-state index contributed by atoms with van der Waals surface area (Å²) >= 11 is 0. The van der Waals surface area contributed by atoms with Crippen molar-refractivity contribution in [3.63, 3.8) is 0 Å². The molecule has 0 fully saturated rings. The van der Waals surface area contributed by atoms with Crippen molar-refractivity contribution in [3.8, 4) is 0 Å². The normalized spacial score (nSPS) is 12.3. The number of carboxylic acid groups (broad SMARTS) is 1. The summed E-state index contributed by atoms with van der Waals surface area (Å²) in [6, 6.07) is 4.71. The van der Waals surface area contributed by atoms with Gasteiger partial charge in [-0.2, -0.15) is 0 Å². The molecule has 1 unspecified atom stereocenters. The number of nitrogens with zero attached hydrogens (tertiary/aromatic N) is 1. The quantitative estimate of drug-likeness (QED) is 0.739. The van der Waals surface area contributed by atoms with Crippen molar-refractivity contribution >= 4 is 16.8 Å². The molecular formula is C11H15NO4S. The van der Waals surface area contributed by atoms with Crippen molar-refractivity contribution in [2.24, 2.45) is 0 Å². The zero-order valence-electron chi connectivity index (χ0n) is 9.59. The van der Waals surface area contributed by atoms with E-state index in [0.29, 0.717) is 18.1 Å². The number of ether oxygens (including phenoxy) is 1. The molecule has 0 aliphatic heterocycles. The number of methoxy groups -OCH3 is 1. The molecule has 1 N–H and O–H groups in total. The largest absolute Gasteiger partial charge is 0.477 e. The summed E-state index contributed by atoms with van der Waals surface area (Å²) in [7, 11) is 0.569. The van der Waals surface area contributed by atoms with Gasteiger partial charge >= 0.3 is 5.97 Å². The monoisotopic (exact) mass is 257 g/mol. The minimum Gasteiger partial charge on any atom is -0.477 e. The third-order valence-electron chi connectivity index (χ3n) is 2.06. The lowest BCUT2D eigenvalue weighted by atomic mass is 10.3. The maximum absolute atomic E-state index is 11.6. The summed E-state index contributed by atoms with van der Waals surface area (Å²) in [6.45, 7) is 0.578. The standard InChI is InChI=1S/C11H15NO4S/c1-16-6-3-7-17(15)8-9-4-2-5-10(12-9)11(13)14/h2,4-5H,3,6-8H2,1H3,(H,13,14). The number of aromatic nitrogens is 1. The molecule has 0 aliphatic rings. The lowest BCUT2D eigenvalue weighted by molar-refractivity contribution is 0.0690. The molecule has 0 spiro atoms. The van der Waals surface area contributed by atoms with Crippen molar-refractivity contribution in [1.82, 2.24) is 4.98 Å². The topological polar surface area (TPSA) is 76.5 Å². The fourth-order valence-electron chi connectivity index (χ4n) is 1.28. The minimum atomic E-state index is -1.07. The number of rotatable bonds is 7. The lowest BCUT2D eigenvalue weighted by Gasteiger charge is -2.02. The maximum atomic E-state index is 11.6. The summed E-state index contributed by atoms with van der Waals surface area (Å²) in [5, 5.41) is 8.76. The Kier molecular flexibility index (Phi) is 5.79. The third kappa shape index (κ3) is 5.06. The fraction of sp³-hybridized carbons (Fsp3) is 0.455. The number of hydrogen-bond acceptors (Lipinski definition) is 4. The van der Waals surface area contributed by atoms with Crippen molar-refractivity contribution in [1.29, 1.82) is 0 Å². The van der Waals surface area contributed by atoms with Gasteiger partial charge in [0.05, 0.1) is 11.4 Å². The first-order valence-electron chi connectivity index (χ1n) is 5.16. The molecule has 1 aromatic rings. The highest BCUT2D eigenvalue weighted by Gasteiger charge is 2.07. The van der Waals surface area contributed by atoms with Crippen LogP contribution in [-0.2, 0) is 21.3 Å². The molecule has 1 heterocycles. The molecule has 0 radical (unpaired) electrons. The number of pyridine rings is 1. The van der Waals surface area contributed by atoms with E-state index in [9.17, 15) is 9.00 Å². The van der Waals surface area contributed by atoms with Gasteiger partial charge in [0, 0.05) is 30.3 Å². The summed E-state index contributed by atoms with van der Waals surface area (Å²) in [6.07, 6.45) is 0.724. The van der Waals surface area contributed by atoms with E-state index < -0.39 is 16.8 Å². The molecule has 17 heavy (non-hydrogen) atoms. The number of hydrogen-bond donors (Lipinski definition) is 1. The van der Waals surface area contributed by atoms with Gasteiger partial charge in [-0.15, -0.1) is 0 Å². The van der Waals surface area contributed by atoms with E-state index in [2.05, 4.69) is 4.98 Å². The zero-order valence-corrected chi connectivity index (χ0v) is 10.4. The highest BCUT2D eigenvalue weighted by molar-refractivity contribution is 7.84. The van der Waals surface area contributed by atoms with E-state index in [1.165, 1.54) is 6.07 Å². The van der Waals surface area contributed by atoms with E-state index in [-0.39, 0.29) is 11.4 Å². The van der Waals surface area contributed by atoms with Gasteiger partial charge in [0.15, 0.2) is 0 Å². The van der Waals surface area contributed by atoms with Gasteiger partial charge < -0.3 is 9.84 Å². The first kappa shape index (κ1) is 13.8. The van der Waals surface area contributed by atoms with Gasteiger partial charge in [-0.05, 0) is 18.6 Å². The van der Waals surface area contributed by atoms with Crippen LogP contribution in [0.1, 0.15) is 22.6 Å². The summed E-state index contributed by atoms with van der Waals surface area (Å²) in [4.78, 5) is 14.6. The van der Waals surface area contributed by atoms with Gasteiger partial charge in [-0.1, -0.05) is 6.07 Å². The second-order valence-corrected chi connectivity index (χ2v) is 5.03. The molecule has 6 heteroatoms. The molecule has 0 aliphatic carbocycles. The maximum Gasteiger partial charge on any atom is 0.354 e. The van der Waals surface area contributed by atoms with Crippen LogP contribution in [-0.4, -0.2) is 39.7 Å². The molecule has 0 saturated heterocycles. The number of carboxylic acids is 1. The van der Waals surface area contributed by atoms with Gasteiger partial charge in [0.25, 0.3) is 0 Å². The van der Waals surface area contributed by atoms with Crippen LogP contribution < -0.4 is 0 Å². The van der Waals surface area contributed by atoms with Crippen LogP contribution in [0, 0.1) is 0 Å². The molecule has 5 nitrogen and oxygen atoms in total. The van der Waals surface area contributed by atoms with E-state index in [1.807, 2.05) is 0 Å². The van der Waals surface area contributed by atoms with Crippen molar-refractivity contribution in [3.05, 3.63) is 29.6 Å². The Labute approximate surface area is 102 Å². The van der Waals surface area contributed by atoms with E-state index in [1.54, 1.807) is 19.2 Å². The SMILES string of the molecule is COCCCS(=O)Cc1cccc(C(=O)O)n1. The average Bonchev–Trinajstić information content (AvgIpc) is 2.29. The molecule has 0 aromatic carbocycles. The second kappa shape index (κ2) is 7.13. The summed E-state index contributed by atoms with van der Waals surface area (Å²) < 4.78 is 16.5. The Bertz CT molecular complexity index is 408. The lowest BCUT2D eigenvalue weighted by Crippen LogP contribution is -2.07. The highest BCUT2D eigenvalue weighted by atomic mass is 32.2. The van der Waals surface area contributed by atoms with E-state index in [0.717, 1.165) is 6.42 Å². The highest BCUT2D eigenvalue weighted by Crippen LogP contribution is 2.04. The predicted octanol–water partition coefficient (Wildman–Crippen LogP) is 1.07. The first-order chi connectivity index (χ1) is 8.13. The van der Waals surface area contributed by atoms with E-state index >= 15 is 0 Å². The van der Waals surface area contributed by atoms with Crippen LogP contribution >= 0.6 is 0 Å².